The zero-order valence-electron chi connectivity index (χ0n) is 8.84. The number of amides is 1. The van der Waals surface area contributed by atoms with Crippen molar-refractivity contribution in [2.75, 3.05) is 0 Å². The number of aromatic amines is 1. The van der Waals surface area contributed by atoms with Crippen molar-refractivity contribution in [2.24, 2.45) is 0 Å². The van der Waals surface area contributed by atoms with Gasteiger partial charge in [-0.3, -0.25) is 4.79 Å². The molecule has 0 spiro atoms. The molecule has 0 aliphatic carbocycles. The quantitative estimate of drug-likeness (QED) is 0.896. The van der Waals surface area contributed by atoms with Crippen molar-refractivity contribution in [3.63, 3.8) is 0 Å². The molecule has 88 valence electrons. The second-order valence-corrected chi connectivity index (χ2v) is 4.85. The number of halogens is 2. The summed E-state index contributed by atoms with van der Waals surface area (Å²) in [6.45, 7) is 0.481. The van der Waals surface area contributed by atoms with Gasteiger partial charge in [-0.25, -0.2) is 0 Å². The van der Waals surface area contributed by atoms with Crippen LogP contribution in [0.3, 0.4) is 0 Å². The van der Waals surface area contributed by atoms with Crippen molar-refractivity contribution < 1.29 is 4.79 Å². The number of hydrogen-bond acceptors (Lipinski definition) is 1. The van der Waals surface area contributed by atoms with Crippen LogP contribution in [0, 0.1) is 0 Å². The lowest BCUT2D eigenvalue weighted by atomic mass is 10.2. The van der Waals surface area contributed by atoms with Gasteiger partial charge < -0.3 is 10.3 Å². The van der Waals surface area contributed by atoms with Crippen molar-refractivity contribution in [3.05, 3.63) is 57.3 Å². The summed E-state index contributed by atoms with van der Waals surface area (Å²) in [6.07, 6.45) is 3.65. The van der Waals surface area contributed by atoms with Crippen LogP contribution < -0.4 is 5.32 Å². The van der Waals surface area contributed by atoms with E-state index in [0.717, 1.165) is 10.0 Å². The van der Waals surface area contributed by atoms with E-state index in [2.05, 4.69) is 26.2 Å². The van der Waals surface area contributed by atoms with E-state index in [4.69, 9.17) is 11.6 Å². The number of carbonyl (C=O) groups is 1. The largest absolute Gasteiger partial charge is 0.367 e. The number of carbonyl (C=O) groups excluding carboxylic acids is 1. The van der Waals surface area contributed by atoms with Crippen molar-refractivity contribution in [3.8, 4) is 0 Å². The summed E-state index contributed by atoms with van der Waals surface area (Å²) in [5.74, 6) is -0.177. The smallest absolute Gasteiger partial charge is 0.253 e. The van der Waals surface area contributed by atoms with Gasteiger partial charge in [-0.2, -0.15) is 0 Å². The van der Waals surface area contributed by atoms with Crippen molar-refractivity contribution in [1.29, 1.82) is 0 Å². The van der Waals surface area contributed by atoms with E-state index >= 15 is 0 Å². The highest BCUT2D eigenvalue weighted by Gasteiger charge is 2.10. The van der Waals surface area contributed by atoms with Crippen LogP contribution in [0.4, 0.5) is 0 Å². The highest BCUT2D eigenvalue weighted by atomic mass is 79.9. The fourth-order valence-electron chi connectivity index (χ4n) is 1.42. The van der Waals surface area contributed by atoms with Crippen LogP contribution in [0.15, 0.2) is 41.1 Å². The van der Waals surface area contributed by atoms with Crippen molar-refractivity contribution in [2.45, 2.75) is 6.54 Å². The lowest BCUT2D eigenvalue weighted by Gasteiger charge is -2.06. The highest BCUT2D eigenvalue weighted by Crippen LogP contribution is 2.21. The Bertz CT molecular complexity index is 525. The van der Waals surface area contributed by atoms with Gasteiger partial charge in [-0.05, 0) is 29.8 Å². The number of hydrogen-bond donors (Lipinski definition) is 2. The Labute approximate surface area is 112 Å². The third-order valence-corrected chi connectivity index (χ3v) is 3.10. The second-order valence-electron chi connectivity index (χ2n) is 3.53. The molecule has 0 saturated heterocycles. The van der Waals surface area contributed by atoms with Crippen LogP contribution in [-0.4, -0.2) is 10.9 Å². The second kappa shape index (κ2) is 5.38. The minimum absolute atomic E-state index is 0.177. The molecule has 1 aromatic carbocycles. The molecule has 17 heavy (non-hydrogen) atoms. The SMILES string of the molecule is O=C(NCc1cc[nH]c1)c1ccc(Br)cc1Cl. The average Bonchev–Trinajstić information content (AvgIpc) is 2.78. The monoisotopic (exact) mass is 312 g/mol. The van der Waals surface area contributed by atoms with Crippen LogP contribution in [0.1, 0.15) is 15.9 Å². The molecule has 1 amide bonds. The molecule has 0 saturated carbocycles. The maximum Gasteiger partial charge on any atom is 0.253 e. The first kappa shape index (κ1) is 12.2. The lowest BCUT2D eigenvalue weighted by molar-refractivity contribution is 0.0951. The van der Waals surface area contributed by atoms with Crippen molar-refractivity contribution in [1.82, 2.24) is 10.3 Å². The predicted octanol–water partition coefficient (Wildman–Crippen LogP) is 3.36. The minimum atomic E-state index is -0.177. The number of rotatable bonds is 3. The van der Waals surface area contributed by atoms with Gasteiger partial charge in [-0.1, -0.05) is 27.5 Å². The number of H-pyrrole nitrogens is 1. The molecule has 0 bridgehead atoms. The zero-order valence-corrected chi connectivity index (χ0v) is 11.2. The van der Waals surface area contributed by atoms with Gasteiger partial charge in [0.1, 0.15) is 0 Å². The van der Waals surface area contributed by atoms with Crippen LogP contribution in [0.25, 0.3) is 0 Å². The van der Waals surface area contributed by atoms with Crippen LogP contribution in [0.5, 0.6) is 0 Å². The first-order valence-electron chi connectivity index (χ1n) is 5.02. The molecule has 3 nitrogen and oxygen atoms in total. The molecule has 1 aromatic heterocycles. The molecule has 2 aromatic rings. The average molecular weight is 314 g/mol. The van der Waals surface area contributed by atoms with E-state index in [9.17, 15) is 4.79 Å². The Kier molecular flexibility index (Phi) is 3.86. The van der Waals surface area contributed by atoms with Crippen LogP contribution in [0.2, 0.25) is 5.02 Å². The van der Waals surface area contributed by atoms with Gasteiger partial charge in [0.25, 0.3) is 5.91 Å². The number of aromatic nitrogens is 1. The molecule has 5 heteroatoms. The molecule has 1 heterocycles. The third-order valence-electron chi connectivity index (χ3n) is 2.29. The summed E-state index contributed by atoms with van der Waals surface area (Å²) in [4.78, 5) is 14.8. The summed E-state index contributed by atoms with van der Waals surface area (Å²) in [6, 6.07) is 7.09. The molecule has 0 aliphatic heterocycles. The fourth-order valence-corrected chi connectivity index (χ4v) is 2.18. The number of benzene rings is 1. The standard InChI is InChI=1S/C12H10BrClN2O/c13-9-1-2-10(11(14)5-9)12(17)16-7-8-3-4-15-6-8/h1-6,15H,7H2,(H,16,17). The topological polar surface area (TPSA) is 44.9 Å². The maximum absolute atomic E-state index is 11.9. The van der Waals surface area contributed by atoms with Crippen LogP contribution in [-0.2, 0) is 6.54 Å². The van der Waals surface area contributed by atoms with Crippen LogP contribution >= 0.6 is 27.5 Å². The normalized spacial score (nSPS) is 10.2. The molecule has 0 unspecified atom stereocenters. The van der Waals surface area contributed by atoms with Crippen molar-refractivity contribution >= 4 is 33.4 Å². The molecule has 2 rings (SSSR count). The van der Waals surface area contributed by atoms with E-state index in [1.165, 1.54) is 0 Å². The van der Waals surface area contributed by atoms with E-state index in [0.29, 0.717) is 17.1 Å². The number of nitrogens with one attached hydrogen (secondary N) is 2. The Balaban J connectivity index is 2.04. The summed E-state index contributed by atoms with van der Waals surface area (Å²) >= 11 is 9.28. The van der Waals surface area contributed by atoms with E-state index in [1.54, 1.807) is 18.2 Å². The Morgan fingerprint density at radius 2 is 2.24 bits per heavy atom. The van der Waals surface area contributed by atoms with E-state index < -0.39 is 0 Å². The lowest BCUT2D eigenvalue weighted by Crippen LogP contribution is -2.22. The third kappa shape index (κ3) is 3.11. The van der Waals surface area contributed by atoms with E-state index in [1.807, 2.05) is 18.5 Å². The maximum atomic E-state index is 11.9. The molecule has 0 fully saturated rings. The molecule has 0 atom stereocenters. The first-order valence-corrected chi connectivity index (χ1v) is 6.19. The van der Waals surface area contributed by atoms with Gasteiger partial charge in [0.05, 0.1) is 10.6 Å². The van der Waals surface area contributed by atoms with Gasteiger partial charge in [0.15, 0.2) is 0 Å². The summed E-state index contributed by atoms with van der Waals surface area (Å²) < 4.78 is 0.852. The predicted molar refractivity (Wildman–Crippen MR) is 71.1 cm³/mol. The molecule has 0 radical (unpaired) electrons. The summed E-state index contributed by atoms with van der Waals surface area (Å²) in [5, 5.41) is 3.24. The molecular formula is C12H10BrClN2O. The van der Waals surface area contributed by atoms with Gasteiger partial charge in [0, 0.05) is 23.4 Å². The molecule has 0 aliphatic rings. The minimum Gasteiger partial charge on any atom is -0.367 e. The zero-order chi connectivity index (χ0) is 12.3. The van der Waals surface area contributed by atoms with Gasteiger partial charge in [0.2, 0.25) is 0 Å². The Morgan fingerprint density at radius 3 is 2.88 bits per heavy atom. The Morgan fingerprint density at radius 1 is 1.41 bits per heavy atom. The fraction of sp³-hybridized carbons (Fsp3) is 0.0833. The van der Waals surface area contributed by atoms with E-state index in [-0.39, 0.29) is 5.91 Å². The molecular weight excluding hydrogens is 304 g/mol. The van der Waals surface area contributed by atoms with Gasteiger partial charge in [-0.15, -0.1) is 0 Å². The first-order chi connectivity index (χ1) is 8.16. The highest BCUT2D eigenvalue weighted by molar-refractivity contribution is 9.10. The van der Waals surface area contributed by atoms with Gasteiger partial charge >= 0.3 is 0 Å². The Hall–Kier alpha value is -1.26. The summed E-state index contributed by atoms with van der Waals surface area (Å²) in [7, 11) is 0. The molecule has 2 N–H and O–H groups in total. The summed E-state index contributed by atoms with van der Waals surface area (Å²) in [5.41, 5.74) is 1.50.